The fourth-order valence-electron chi connectivity index (χ4n) is 3.40. The minimum atomic E-state index is -3.62. The van der Waals surface area contributed by atoms with E-state index in [2.05, 4.69) is 5.32 Å². The molecule has 1 fully saturated rings. The average molecular weight is 433 g/mol. The lowest BCUT2D eigenvalue weighted by atomic mass is 10.1. The monoisotopic (exact) mass is 432 g/mol. The molecule has 30 heavy (non-hydrogen) atoms. The summed E-state index contributed by atoms with van der Waals surface area (Å²) in [6.07, 6.45) is 1.70. The number of nitrogens with zero attached hydrogens (tertiary/aromatic N) is 1. The van der Waals surface area contributed by atoms with Crippen LogP contribution in [-0.2, 0) is 10.0 Å². The molecular formula is C22H28N2O5S. The quantitative estimate of drug-likeness (QED) is 0.649. The zero-order valence-corrected chi connectivity index (χ0v) is 18.4. The lowest BCUT2D eigenvalue weighted by Crippen LogP contribution is -2.30. The van der Waals surface area contributed by atoms with Gasteiger partial charge in [-0.3, -0.25) is 4.79 Å². The van der Waals surface area contributed by atoms with E-state index < -0.39 is 15.9 Å². The van der Waals surface area contributed by atoms with Gasteiger partial charge in [0.2, 0.25) is 10.0 Å². The largest absolute Gasteiger partial charge is 0.496 e. The highest BCUT2D eigenvalue weighted by molar-refractivity contribution is 7.89. The van der Waals surface area contributed by atoms with Crippen molar-refractivity contribution in [1.82, 2.24) is 9.62 Å². The fraction of sp³-hybridized carbons (Fsp3) is 0.409. The number of nitrogens with one attached hydrogen (secondary N) is 1. The molecule has 0 aliphatic carbocycles. The Kier molecular flexibility index (Phi) is 6.99. The minimum Gasteiger partial charge on any atom is -0.496 e. The fourth-order valence-corrected chi connectivity index (χ4v) is 4.95. The van der Waals surface area contributed by atoms with Crippen LogP contribution in [0.1, 0.15) is 34.3 Å². The van der Waals surface area contributed by atoms with Crippen LogP contribution >= 0.6 is 0 Å². The number of hydrogen-bond donors (Lipinski definition) is 1. The summed E-state index contributed by atoms with van der Waals surface area (Å²) in [4.78, 5) is 12.8. The van der Waals surface area contributed by atoms with E-state index in [-0.39, 0.29) is 17.0 Å². The van der Waals surface area contributed by atoms with Crippen molar-refractivity contribution in [1.29, 1.82) is 0 Å². The van der Waals surface area contributed by atoms with Gasteiger partial charge in [-0.25, -0.2) is 8.42 Å². The van der Waals surface area contributed by atoms with Gasteiger partial charge >= 0.3 is 0 Å². The number of methoxy groups -OCH3 is 1. The molecule has 0 atom stereocenters. The van der Waals surface area contributed by atoms with Crippen LogP contribution in [0.2, 0.25) is 0 Å². The van der Waals surface area contributed by atoms with Crippen molar-refractivity contribution in [2.75, 3.05) is 33.4 Å². The van der Waals surface area contributed by atoms with Gasteiger partial charge in [0.15, 0.2) is 0 Å². The molecule has 1 N–H and O–H groups in total. The second kappa shape index (κ2) is 9.49. The highest BCUT2D eigenvalue weighted by atomic mass is 32.2. The van der Waals surface area contributed by atoms with E-state index in [0.717, 1.165) is 29.7 Å². The van der Waals surface area contributed by atoms with Crippen molar-refractivity contribution < 1.29 is 22.7 Å². The molecule has 1 saturated heterocycles. The molecule has 1 aliphatic heterocycles. The predicted molar refractivity (Wildman–Crippen MR) is 115 cm³/mol. The molecule has 0 spiro atoms. The summed E-state index contributed by atoms with van der Waals surface area (Å²) in [7, 11) is -2.17. The van der Waals surface area contributed by atoms with E-state index in [4.69, 9.17) is 9.47 Å². The molecule has 8 heteroatoms. The van der Waals surface area contributed by atoms with Crippen molar-refractivity contribution in [2.45, 2.75) is 31.6 Å². The number of amides is 1. The van der Waals surface area contributed by atoms with Crippen LogP contribution in [0.5, 0.6) is 11.5 Å². The van der Waals surface area contributed by atoms with Gasteiger partial charge in [-0.1, -0.05) is 12.1 Å². The maximum Gasteiger partial charge on any atom is 0.255 e. The maximum absolute atomic E-state index is 12.8. The topological polar surface area (TPSA) is 84.9 Å². The van der Waals surface area contributed by atoms with Crippen LogP contribution in [0.4, 0.5) is 0 Å². The maximum atomic E-state index is 12.8. The van der Waals surface area contributed by atoms with Gasteiger partial charge < -0.3 is 14.8 Å². The summed E-state index contributed by atoms with van der Waals surface area (Å²) < 4.78 is 38.1. The molecule has 3 rings (SSSR count). The summed E-state index contributed by atoms with van der Waals surface area (Å²) in [5, 5.41) is 2.77. The molecule has 1 amide bonds. The van der Waals surface area contributed by atoms with E-state index in [0.29, 0.717) is 25.4 Å². The lowest BCUT2D eigenvalue weighted by Gasteiger charge is -2.17. The van der Waals surface area contributed by atoms with Gasteiger partial charge in [-0.15, -0.1) is 0 Å². The number of hydrogen-bond acceptors (Lipinski definition) is 5. The summed E-state index contributed by atoms with van der Waals surface area (Å²) in [6, 6.07) is 10.2. The molecule has 2 aromatic rings. The Hall–Kier alpha value is -2.58. The summed E-state index contributed by atoms with van der Waals surface area (Å²) in [6.45, 7) is 5.58. The molecule has 0 unspecified atom stereocenters. The Morgan fingerprint density at radius 1 is 1.10 bits per heavy atom. The van der Waals surface area contributed by atoms with Gasteiger partial charge in [-0.05, 0) is 62.1 Å². The van der Waals surface area contributed by atoms with E-state index in [1.165, 1.54) is 29.6 Å². The van der Waals surface area contributed by atoms with Crippen LogP contribution in [0.25, 0.3) is 0 Å². The molecule has 162 valence electrons. The molecular weight excluding hydrogens is 404 g/mol. The normalized spacial score (nSPS) is 14.5. The number of carbonyl (C=O) groups excluding carboxylic acids is 1. The number of rotatable bonds is 8. The first kappa shape index (κ1) is 22.1. The Balaban J connectivity index is 1.68. The molecule has 1 aliphatic rings. The molecule has 7 nitrogen and oxygen atoms in total. The number of carbonyl (C=O) groups is 1. The second-order valence-corrected chi connectivity index (χ2v) is 9.21. The molecule has 0 saturated carbocycles. The summed E-state index contributed by atoms with van der Waals surface area (Å²) in [5.41, 5.74) is 2.38. The van der Waals surface area contributed by atoms with Crippen LogP contribution in [0.15, 0.2) is 41.3 Å². The third-order valence-electron chi connectivity index (χ3n) is 5.32. The van der Waals surface area contributed by atoms with Crippen molar-refractivity contribution in [3.63, 3.8) is 0 Å². The van der Waals surface area contributed by atoms with Crippen molar-refractivity contribution >= 4 is 15.9 Å². The highest BCUT2D eigenvalue weighted by Crippen LogP contribution is 2.26. The Morgan fingerprint density at radius 3 is 2.53 bits per heavy atom. The van der Waals surface area contributed by atoms with Crippen LogP contribution in [0, 0.1) is 13.8 Å². The Morgan fingerprint density at radius 2 is 1.83 bits per heavy atom. The van der Waals surface area contributed by atoms with Gasteiger partial charge in [-0.2, -0.15) is 4.31 Å². The smallest absolute Gasteiger partial charge is 0.255 e. The van der Waals surface area contributed by atoms with E-state index in [9.17, 15) is 13.2 Å². The zero-order valence-electron chi connectivity index (χ0n) is 17.6. The second-order valence-electron chi connectivity index (χ2n) is 7.28. The third-order valence-corrected chi connectivity index (χ3v) is 7.21. The highest BCUT2D eigenvalue weighted by Gasteiger charge is 2.28. The SMILES string of the molecule is COc1ccc(S(=O)(=O)N2CCCC2)cc1C(=O)NCCOc1cccc(C)c1C. The van der Waals surface area contributed by atoms with Crippen LogP contribution in [-0.4, -0.2) is 52.0 Å². The number of benzene rings is 2. The molecule has 1 heterocycles. The molecule has 0 radical (unpaired) electrons. The standard InChI is InChI=1S/C22H28N2O5S/c1-16-7-6-8-20(17(16)2)29-14-11-23-22(25)19-15-18(9-10-21(19)28-3)30(26,27)24-12-4-5-13-24/h6-10,15H,4-5,11-14H2,1-3H3,(H,23,25). The molecule has 0 bridgehead atoms. The minimum absolute atomic E-state index is 0.0991. The zero-order chi connectivity index (χ0) is 21.7. The summed E-state index contributed by atoms with van der Waals surface area (Å²) in [5.74, 6) is 0.693. The first-order valence-corrected chi connectivity index (χ1v) is 11.4. The number of aryl methyl sites for hydroxylation is 1. The van der Waals surface area contributed by atoms with E-state index >= 15 is 0 Å². The van der Waals surface area contributed by atoms with Gasteiger partial charge in [0, 0.05) is 13.1 Å². The Labute approximate surface area is 178 Å². The first-order chi connectivity index (χ1) is 14.3. The van der Waals surface area contributed by atoms with E-state index in [1.807, 2.05) is 32.0 Å². The third kappa shape index (κ3) is 4.76. The van der Waals surface area contributed by atoms with Gasteiger partial charge in [0.05, 0.1) is 24.1 Å². The van der Waals surface area contributed by atoms with Gasteiger partial charge in [0.25, 0.3) is 5.91 Å². The van der Waals surface area contributed by atoms with Crippen LogP contribution in [0.3, 0.4) is 0 Å². The molecule has 0 aromatic heterocycles. The van der Waals surface area contributed by atoms with Gasteiger partial charge in [0.1, 0.15) is 18.1 Å². The van der Waals surface area contributed by atoms with Crippen molar-refractivity contribution in [3.05, 3.63) is 53.1 Å². The number of ether oxygens (including phenoxy) is 2. The van der Waals surface area contributed by atoms with E-state index in [1.54, 1.807) is 0 Å². The molecule has 2 aromatic carbocycles. The predicted octanol–water partition coefficient (Wildman–Crippen LogP) is 2.91. The first-order valence-electron chi connectivity index (χ1n) is 10.00. The van der Waals surface area contributed by atoms with Crippen LogP contribution < -0.4 is 14.8 Å². The Bertz CT molecular complexity index is 1010. The average Bonchev–Trinajstić information content (AvgIpc) is 3.29. The number of sulfonamides is 1. The summed E-state index contributed by atoms with van der Waals surface area (Å²) >= 11 is 0. The lowest BCUT2D eigenvalue weighted by molar-refractivity contribution is 0.0943. The van der Waals surface area contributed by atoms with Crippen molar-refractivity contribution in [2.24, 2.45) is 0 Å². The van der Waals surface area contributed by atoms with Crippen molar-refractivity contribution in [3.8, 4) is 11.5 Å².